The number of ether oxygens (including phenoxy) is 2. The summed E-state index contributed by atoms with van der Waals surface area (Å²) in [6.45, 7) is 0.00783. The number of carbonyl (C=O) groups is 1. The van der Waals surface area contributed by atoms with Crippen molar-refractivity contribution in [2.45, 2.75) is 6.54 Å². The molecule has 7 heteroatoms. The van der Waals surface area contributed by atoms with E-state index in [0.29, 0.717) is 38.9 Å². The largest absolute Gasteiger partial charge is 0.497 e. The predicted octanol–water partition coefficient (Wildman–Crippen LogP) is 3.32. The molecule has 0 saturated heterocycles. The summed E-state index contributed by atoms with van der Waals surface area (Å²) in [5, 5.41) is 5.20. The van der Waals surface area contributed by atoms with Crippen LogP contribution in [0.15, 0.2) is 76.6 Å². The number of nitrogens with one attached hydrogen (secondary N) is 1. The molecule has 1 amide bonds. The van der Waals surface area contributed by atoms with E-state index in [9.17, 15) is 9.59 Å². The molecule has 3 aromatic carbocycles. The number of carbonyl (C=O) groups excluding carboxylic acids is 1. The summed E-state index contributed by atoms with van der Waals surface area (Å²) in [6.07, 6.45) is 1.50. The highest BCUT2D eigenvalue weighted by atomic mass is 16.5. The minimum Gasteiger partial charge on any atom is -0.497 e. The number of benzene rings is 3. The Balaban J connectivity index is 1.63. The van der Waals surface area contributed by atoms with Crippen LogP contribution >= 0.6 is 0 Å². The molecule has 0 aliphatic rings. The van der Waals surface area contributed by atoms with Crippen LogP contribution in [0.4, 0.5) is 0 Å². The van der Waals surface area contributed by atoms with Crippen LogP contribution in [0.1, 0.15) is 5.56 Å². The zero-order valence-corrected chi connectivity index (χ0v) is 17.2. The van der Waals surface area contributed by atoms with Crippen LogP contribution in [0.3, 0.4) is 0 Å². The molecule has 7 nitrogen and oxygen atoms in total. The molecule has 1 aromatic heterocycles. The van der Waals surface area contributed by atoms with E-state index in [1.54, 1.807) is 44.6 Å². The van der Waals surface area contributed by atoms with Crippen LogP contribution in [-0.4, -0.2) is 30.9 Å². The van der Waals surface area contributed by atoms with Crippen molar-refractivity contribution in [2.24, 2.45) is 5.10 Å². The Morgan fingerprint density at radius 3 is 2.23 bits per heavy atom. The lowest BCUT2D eigenvalue weighted by atomic mass is 10.1. The molecule has 156 valence electrons. The zero-order chi connectivity index (χ0) is 21.8. The second-order valence-corrected chi connectivity index (χ2v) is 6.85. The minimum atomic E-state index is -0.322. The maximum atomic E-state index is 12.8. The van der Waals surface area contributed by atoms with Gasteiger partial charge in [0.25, 0.3) is 5.91 Å². The Hall–Kier alpha value is -4.13. The summed E-state index contributed by atoms with van der Waals surface area (Å²) in [4.78, 5) is 25.5. The summed E-state index contributed by atoms with van der Waals surface area (Å²) in [7, 11) is 3.13. The van der Waals surface area contributed by atoms with E-state index >= 15 is 0 Å². The van der Waals surface area contributed by atoms with Crippen molar-refractivity contribution in [3.63, 3.8) is 0 Å². The van der Waals surface area contributed by atoms with Gasteiger partial charge < -0.3 is 14.0 Å². The van der Waals surface area contributed by atoms with Crippen LogP contribution in [-0.2, 0) is 11.3 Å². The van der Waals surface area contributed by atoms with Crippen LogP contribution < -0.4 is 20.3 Å². The fourth-order valence-electron chi connectivity index (χ4n) is 3.54. The number of aromatic nitrogens is 1. The third-order valence-corrected chi connectivity index (χ3v) is 5.01. The van der Waals surface area contributed by atoms with E-state index < -0.39 is 0 Å². The van der Waals surface area contributed by atoms with Crippen molar-refractivity contribution in [1.82, 2.24) is 9.99 Å². The minimum absolute atomic E-state index is 0.00783. The first-order valence-corrected chi connectivity index (χ1v) is 9.66. The van der Waals surface area contributed by atoms with Gasteiger partial charge in [-0.05, 0) is 42.5 Å². The fourth-order valence-corrected chi connectivity index (χ4v) is 3.54. The Kier molecular flexibility index (Phi) is 5.66. The van der Waals surface area contributed by atoms with Gasteiger partial charge in [0.15, 0.2) is 5.43 Å². The summed E-state index contributed by atoms with van der Waals surface area (Å²) in [5.74, 6) is 0.938. The highest BCUT2D eigenvalue weighted by Gasteiger charge is 2.12. The summed E-state index contributed by atoms with van der Waals surface area (Å²) < 4.78 is 12.4. The van der Waals surface area contributed by atoms with E-state index in [-0.39, 0.29) is 17.9 Å². The van der Waals surface area contributed by atoms with Gasteiger partial charge in [-0.25, -0.2) is 5.43 Å². The fraction of sp³-hybridized carbons (Fsp3) is 0.125. The molecule has 1 N–H and O–H groups in total. The quantitative estimate of drug-likeness (QED) is 0.298. The van der Waals surface area contributed by atoms with Gasteiger partial charge >= 0.3 is 0 Å². The van der Waals surface area contributed by atoms with E-state index in [1.807, 2.05) is 41.0 Å². The molecular formula is C24H21N3O4. The number of rotatable bonds is 6. The Morgan fingerprint density at radius 2 is 1.61 bits per heavy atom. The number of hydrogen-bond donors (Lipinski definition) is 1. The van der Waals surface area contributed by atoms with E-state index in [0.717, 1.165) is 0 Å². The molecule has 0 spiro atoms. The van der Waals surface area contributed by atoms with Gasteiger partial charge in [-0.15, -0.1) is 0 Å². The van der Waals surface area contributed by atoms with Gasteiger partial charge in [0.2, 0.25) is 0 Å². The lowest BCUT2D eigenvalue weighted by Gasteiger charge is -2.14. The first kappa shape index (κ1) is 20.2. The van der Waals surface area contributed by atoms with Crippen molar-refractivity contribution in [1.29, 1.82) is 0 Å². The molecule has 4 rings (SSSR count). The Labute approximate surface area is 178 Å². The SMILES string of the molecule is COc1ccc(OC)c(C=NNC(=O)Cn2c3ccccc3c(=O)c3ccccc32)c1. The second-order valence-electron chi connectivity index (χ2n) is 6.85. The predicted molar refractivity (Wildman–Crippen MR) is 121 cm³/mol. The van der Waals surface area contributed by atoms with E-state index in [4.69, 9.17) is 9.47 Å². The summed E-state index contributed by atoms with van der Waals surface area (Å²) in [6, 6.07) is 19.8. The number of hydrazone groups is 1. The molecular weight excluding hydrogens is 394 g/mol. The average molecular weight is 415 g/mol. The molecule has 0 atom stereocenters. The zero-order valence-electron chi connectivity index (χ0n) is 17.2. The molecule has 4 aromatic rings. The first-order chi connectivity index (χ1) is 15.1. The highest BCUT2D eigenvalue weighted by molar-refractivity contribution is 5.95. The van der Waals surface area contributed by atoms with Gasteiger partial charge in [0.1, 0.15) is 18.0 Å². The maximum absolute atomic E-state index is 12.8. The highest BCUT2D eigenvalue weighted by Crippen LogP contribution is 2.22. The second kappa shape index (κ2) is 8.71. The lowest BCUT2D eigenvalue weighted by Crippen LogP contribution is -2.25. The third-order valence-electron chi connectivity index (χ3n) is 5.01. The third kappa shape index (κ3) is 3.98. The number of amides is 1. The van der Waals surface area contributed by atoms with Crippen molar-refractivity contribution in [3.05, 3.63) is 82.5 Å². The van der Waals surface area contributed by atoms with Crippen LogP contribution in [0.5, 0.6) is 11.5 Å². The molecule has 0 unspecified atom stereocenters. The summed E-state index contributed by atoms with van der Waals surface area (Å²) >= 11 is 0. The number of pyridine rings is 1. The Bertz CT molecular complexity index is 1300. The number of methoxy groups -OCH3 is 2. The summed E-state index contributed by atoms with van der Waals surface area (Å²) in [5.41, 5.74) is 4.55. The number of hydrogen-bond acceptors (Lipinski definition) is 5. The van der Waals surface area contributed by atoms with Gasteiger partial charge in [-0.1, -0.05) is 24.3 Å². The van der Waals surface area contributed by atoms with Crippen LogP contribution in [0.2, 0.25) is 0 Å². The van der Waals surface area contributed by atoms with E-state index in [2.05, 4.69) is 10.5 Å². The number of para-hydroxylation sites is 2. The molecule has 0 radical (unpaired) electrons. The van der Waals surface area contributed by atoms with Crippen LogP contribution in [0.25, 0.3) is 21.8 Å². The van der Waals surface area contributed by atoms with Gasteiger partial charge in [0, 0.05) is 16.3 Å². The van der Waals surface area contributed by atoms with E-state index in [1.165, 1.54) is 6.21 Å². The Morgan fingerprint density at radius 1 is 0.968 bits per heavy atom. The standard InChI is InChI=1S/C24H21N3O4/c1-30-17-11-12-22(31-2)16(13-17)14-25-26-23(28)15-27-20-9-5-3-7-18(20)24(29)19-8-4-6-10-21(19)27/h3-14H,15H2,1-2H3,(H,26,28). The van der Waals surface area contributed by atoms with Crippen molar-refractivity contribution < 1.29 is 14.3 Å². The molecule has 31 heavy (non-hydrogen) atoms. The average Bonchev–Trinajstić information content (AvgIpc) is 2.81. The monoisotopic (exact) mass is 415 g/mol. The van der Waals surface area contributed by atoms with Crippen molar-refractivity contribution in [2.75, 3.05) is 14.2 Å². The van der Waals surface area contributed by atoms with Gasteiger partial charge in [-0.2, -0.15) is 5.10 Å². The van der Waals surface area contributed by atoms with Crippen molar-refractivity contribution >= 4 is 33.9 Å². The van der Waals surface area contributed by atoms with Crippen molar-refractivity contribution in [3.8, 4) is 11.5 Å². The molecule has 1 heterocycles. The smallest absolute Gasteiger partial charge is 0.260 e. The molecule has 0 bridgehead atoms. The number of fused-ring (bicyclic) bond motifs is 2. The topological polar surface area (TPSA) is 81.9 Å². The first-order valence-electron chi connectivity index (χ1n) is 9.66. The van der Waals surface area contributed by atoms with Gasteiger partial charge in [0.05, 0.1) is 31.5 Å². The van der Waals surface area contributed by atoms with Crippen LogP contribution in [0, 0.1) is 0 Å². The molecule has 0 aliphatic heterocycles. The lowest BCUT2D eigenvalue weighted by molar-refractivity contribution is -0.121. The normalized spacial score (nSPS) is 11.2. The maximum Gasteiger partial charge on any atom is 0.260 e. The molecule has 0 fully saturated rings. The number of nitrogens with zero attached hydrogens (tertiary/aromatic N) is 2. The molecule has 0 aliphatic carbocycles. The molecule has 0 saturated carbocycles. The van der Waals surface area contributed by atoms with Gasteiger partial charge in [-0.3, -0.25) is 9.59 Å².